The zero-order valence-electron chi connectivity index (χ0n) is 13.2. The van der Waals surface area contributed by atoms with Crippen molar-refractivity contribution in [1.29, 1.82) is 0 Å². The number of likely N-dealkylation sites (N-methyl/N-ethyl adjacent to an activating group) is 1. The second kappa shape index (κ2) is 5.23. The van der Waals surface area contributed by atoms with E-state index < -0.39 is 0 Å². The molecule has 0 saturated heterocycles. The second-order valence-corrected chi connectivity index (χ2v) is 6.35. The van der Waals surface area contributed by atoms with Crippen LogP contribution in [0.15, 0.2) is 18.2 Å². The summed E-state index contributed by atoms with van der Waals surface area (Å²) in [4.78, 5) is 19.5. The Labute approximate surface area is 126 Å². The fraction of sp³-hybridized carbons (Fsp3) is 0.444. The molecule has 1 aliphatic heterocycles. The molecule has 3 nitrogen and oxygen atoms in total. The molecular formula is C18H22N2O. The van der Waals surface area contributed by atoms with Crippen molar-refractivity contribution < 1.29 is 4.79 Å². The third-order valence-corrected chi connectivity index (χ3v) is 4.37. The summed E-state index contributed by atoms with van der Waals surface area (Å²) >= 11 is 0. The minimum Gasteiger partial charge on any atom is -0.302 e. The van der Waals surface area contributed by atoms with Crippen LogP contribution < -0.4 is 0 Å². The normalized spacial score (nSPS) is 15.5. The van der Waals surface area contributed by atoms with E-state index in [9.17, 15) is 4.79 Å². The van der Waals surface area contributed by atoms with E-state index >= 15 is 0 Å². The van der Waals surface area contributed by atoms with Gasteiger partial charge in [0.2, 0.25) is 0 Å². The summed E-state index contributed by atoms with van der Waals surface area (Å²) in [6, 6.07) is 6.22. The van der Waals surface area contributed by atoms with E-state index in [4.69, 9.17) is 4.98 Å². The van der Waals surface area contributed by atoms with Crippen molar-refractivity contribution in [2.75, 3.05) is 13.6 Å². The summed E-state index contributed by atoms with van der Waals surface area (Å²) in [7, 11) is 2.10. The summed E-state index contributed by atoms with van der Waals surface area (Å²) in [6.45, 7) is 7.85. The molecule has 21 heavy (non-hydrogen) atoms. The summed E-state index contributed by atoms with van der Waals surface area (Å²) < 4.78 is 0. The Bertz CT molecular complexity index is 719. The average molecular weight is 282 g/mol. The topological polar surface area (TPSA) is 33.2 Å². The smallest absolute Gasteiger partial charge is 0.160 e. The Kier molecular flexibility index (Phi) is 3.54. The molecule has 0 spiro atoms. The molecule has 0 saturated carbocycles. The highest BCUT2D eigenvalue weighted by Crippen LogP contribution is 2.32. The lowest BCUT2D eigenvalue weighted by atomic mass is 9.90. The van der Waals surface area contributed by atoms with E-state index in [1.165, 1.54) is 5.56 Å². The van der Waals surface area contributed by atoms with Gasteiger partial charge >= 0.3 is 0 Å². The van der Waals surface area contributed by atoms with E-state index in [2.05, 4.69) is 31.9 Å². The Morgan fingerprint density at radius 2 is 2.10 bits per heavy atom. The number of para-hydroxylation sites is 1. The molecule has 0 amide bonds. The van der Waals surface area contributed by atoms with Crippen LogP contribution >= 0.6 is 0 Å². The monoisotopic (exact) mass is 282 g/mol. The second-order valence-electron chi connectivity index (χ2n) is 6.35. The minimum absolute atomic E-state index is 0.148. The summed E-state index contributed by atoms with van der Waals surface area (Å²) in [5.74, 6) is 0.556. The molecule has 3 heteroatoms. The SMILES string of the molecule is CC(=O)c1c2c(nc3c(C(C)C)cccc13)CCN(C)C2. The first-order valence-electron chi connectivity index (χ1n) is 7.63. The van der Waals surface area contributed by atoms with Crippen LogP contribution in [0.3, 0.4) is 0 Å². The number of Topliss-reactive ketones (excluding diaryl/α,β-unsaturated/α-hetero) is 1. The van der Waals surface area contributed by atoms with Crippen molar-refractivity contribution in [2.24, 2.45) is 0 Å². The minimum atomic E-state index is 0.148. The quantitative estimate of drug-likeness (QED) is 0.790. The predicted molar refractivity (Wildman–Crippen MR) is 85.9 cm³/mol. The van der Waals surface area contributed by atoms with Crippen LogP contribution in [0.1, 0.15) is 53.9 Å². The first kappa shape index (κ1) is 14.2. The van der Waals surface area contributed by atoms with Gasteiger partial charge in [0.25, 0.3) is 0 Å². The van der Waals surface area contributed by atoms with Gasteiger partial charge < -0.3 is 4.90 Å². The number of rotatable bonds is 2. The van der Waals surface area contributed by atoms with Crippen molar-refractivity contribution in [2.45, 2.75) is 39.7 Å². The fourth-order valence-electron chi connectivity index (χ4n) is 3.29. The highest BCUT2D eigenvalue weighted by Gasteiger charge is 2.23. The summed E-state index contributed by atoms with van der Waals surface area (Å²) in [5, 5.41) is 1.02. The highest BCUT2D eigenvalue weighted by molar-refractivity contribution is 6.08. The van der Waals surface area contributed by atoms with Crippen molar-refractivity contribution in [3.8, 4) is 0 Å². The van der Waals surface area contributed by atoms with Crippen molar-refractivity contribution >= 4 is 16.7 Å². The molecule has 1 aromatic carbocycles. The van der Waals surface area contributed by atoms with Crippen LogP contribution in [-0.4, -0.2) is 29.3 Å². The molecule has 110 valence electrons. The molecule has 0 radical (unpaired) electrons. The van der Waals surface area contributed by atoms with E-state index in [1.807, 2.05) is 12.1 Å². The van der Waals surface area contributed by atoms with Crippen LogP contribution in [0.25, 0.3) is 10.9 Å². The van der Waals surface area contributed by atoms with E-state index in [0.29, 0.717) is 5.92 Å². The highest BCUT2D eigenvalue weighted by atomic mass is 16.1. The maximum Gasteiger partial charge on any atom is 0.160 e. The molecule has 0 aliphatic carbocycles. The van der Waals surface area contributed by atoms with Gasteiger partial charge in [0.05, 0.1) is 5.52 Å². The van der Waals surface area contributed by atoms with Gasteiger partial charge in [-0.15, -0.1) is 0 Å². The van der Waals surface area contributed by atoms with E-state index in [1.54, 1.807) is 6.92 Å². The number of ketones is 1. The van der Waals surface area contributed by atoms with Gasteiger partial charge in [-0.2, -0.15) is 0 Å². The fourth-order valence-corrected chi connectivity index (χ4v) is 3.29. The number of fused-ring (bicyclic) bond motifs is 2. The molecule has 0 atom stereocenters. The zero-order chi connectivity index (χ0) is 15.1. The number of aromatic nitrogens is 1. The third kappa shape index (κ3) is 2.36. The molecule has 0 bridgehead atoms. The number of carbonyl (C=O) groups excluding carboxylic acids is 1. The van der Waals surface area contributed by atoms with Crippen molar-refractivity contribution in [3.05, 3.63) is 40.6 Å². The molecule has 0 fully saturated rings. The summed E-state index contributed by atoms with van der Waals surface area (Å²) in [6.07, 6.45) is 0.925. The molecule has 0 unspecified atom stereocenters. The van der Waals surface area contributed by atoms with Gasteiger partial charge in [-0.1, -0.05) is 32.0 Å². The molecule has 0 N–H and O–H groups in total. The van der Waals surface area contributed by atoms with Gasteiger partial charge in [0.1, 0.15) is 0 Å². The number of nitrogens with zero attached hydrogens (tertiary/aromatic N) is 2. The Balaban J connectivity index is 2.38. The molecule has 3 rings (SSSR count). The Morgan fingerprint density at radius 1 is 1.33 bits per heavy atom. The van der Waals surface area contributed by atoms with Gasteiger partial charge in [-0.05, 0) is 31.0 Å². The molecule has 2 heterocycles. The lowest BCUT2D eigenvalue weighted by Crippen LogP contribution is -2.29. The van der Waals surface area contributed by atoms with Crippen molar-refractivity contribution in [3.63, 3.8) is 0 Å². The zero-order valence-corrected chi connectivity index (χ0v) is 13.2. The third-order valence-electron chi connectivity index (χ3n) is 4.37. The van der Waals surface area contributed by atoms with Crippen LogP contribution in [0.4, 0.5) is 0 Å². The number of benzene rings is 1. The Hall–Kier alpha value is -1.74. The molecule has 1 aromatic heterocycles. The number of hydrogen-bond donors (Lipinski definition) is 0. The first-order valence-corrected chi connectivity index (χ1v) is 7.63. The van der Waals surface area contributed by atoms with Crippen LogP contribution in [0.5, 0.6) is 0 Å². The van der Waals surface area contributed by atoms with Crippen molar-refractivity contribution in [1.82, 2.24) is 9.88 Å². The maximum absolute atomic E-state index is 12.3. The molecular weight excluding hydrogens is 260 g/mol. The van der Waals surface area contributed by atoms with E-state index in [-0.39, 0.29) is 5.78 Å². The Morgan fingerprint density at radius 3 is 2.76 bits per heavy atom. The molecule has 2 aromatic rings. The lowest BCUT2D eigenvalue weighted by molar-refractivity contribution is 0.101. The number of hydrogen-bond acceptors (Lipinski definition) is 3. The van der Waals surface area contributed by atoms with Crippen LogP contribution in [0.2, 0.25) is 0 Å². The van der Waals surface area contributed by atoms with Crippen LogP contribution in [-0.2, 0) is 13.0 Å². The van der Waals surface area contributed by atoms with Crippen LogP contribution in [0, 0.1) is 0 Å². The standard InChI is InChI=1S/C18H22N2O/c1-11(2)13-6-5-7-14-17(12(3)21)15-10-20(4)9-8-16(15)19-18(13)14/h5-7,11H,8-10H2,1-4H3. The maximum atomic E-state index is 12.3. The van der Waals surface area contributed by atoms with Gasteiger partial charge in [-0.3, -0.25) is 9.78 Å². The average Bonchev–Trinajstić information content (AvgIpc) is 2.43. The van der Waals surface area contributed by atoms with Gasteiger partial charge in [-0.25, -0.2) is 0 Å². The first-order chi connectivity index (χ1) is 9.99. The van der Waals surface area contributed by atoms with Gasteiger partial charge in [0, 0.05) is 36.2 Å². The summed E-state index contributed by atoms with van der Waals surface area (Å²) in [5.41, 5.74) is 5.37. The lowest BCUT2D eigenvalue weighted by Gasteiger charge is -2.27. The van der Waals surface area contributed by atoms with Gasteiger partial charge in [0.15, 0.2) is 5.78 Å². The number of pyridine rings is 1. The van der Waals surface area contributed by atoms with E-state index in [0.717, 1.165) is 47.2 Å². The molecule has 1 aliphatic rings. The number of carbonyl (C=O) groups is 1. The largest absolute Gasteiger partial charge is 0.302 e. The predicted octanol–water partition coefficient (Wildman–Crippen LogP) is 3.55.